The summed E-state index contributed by atoms with van der Waals surface area (Å²) < 4.78 is 45.9. The third kappa shape index (κ3) is 3.40. The summed E-state index contributed by atoms with van der Waals surface area (Å²) in [6.45, 7) is 0. The third-order valence-corrected chi connectivity index (χ3v) is 2.76. The summed E-state index contributed by atoms with van der Waals surface area (Å²) in [5.74, 6) is 0. The molecule has 56 valence electrons. The maximum absolute atomic E-state index is 11.7. The Bertz CT molecular complexity index is 88.3. The normalized spacial score (nSPS) is 19.3. The molecule has 0 aromatic heterocycles. The summed E-state index contributed by atoms with van der Waals surface area (Å²) in [6, 6.07) is 0. The van der Waals surface area contributed by atoms with Crippen molar-refractivity contribution in [3.63, 3.8) is 0 Å². The average Bonchev–Trinajstić information content (AvgIpc) is 1.62. The van der Waals surface area contributed by atoms with Crippen molar-refractivity contribution in [1.29, 1.82) is 0 Å². The largest absolute Gasteiger partial charge is 0.404 e. The van der Waals surface area contributed by atoms with E-state index in [0.717, 1.165) is 0 Å². The monoisotopic (exact) mass is 272 g/mol. The van der Waals surface area contributed by atoms with Crippen LogP contribution in [0, 0.1) is 0 Å². The van der Waals surface area contributed by atoms with Gasteiger partial charge in [-0.3, -0.25) is 0 Å². The summed E-state index contributed by atoms with van der Waals surface area (Å²) in [5.41, 5.74) is 0. The Morgan fingerprint density at radius 1 is 1.11 bits per heavy atom. The van der Waals surface area contributed by atoms with E-state index in [1.165, 1.54) is 0 Å². The molecule has 0 fully saturated rings. The molecule has 9 heavy (non-hydrogen) atoms. The van der Waals surface area contributed by atoms with Gasteiger partial charge in [-0.25, -0.2) is 4.39 Å². The molecule has 0 amide bonds. The molecule has 0 aliphatic heterocycles. The molecular formula is C3H2Br2F4. The van der Waals surface area contributed by atoms with Gasteiger partial charge in [-0.1, -0.05) is 31.9 Å². The first kappa shape index (κ1) is 9.68. The van der Waals surface area contributed by atoms with Crippen molar-refractivity contribution < 1.29 is 17.6 Å². The van der Waals surface area contributed by atoms with Crippen molar-refractivity contribution in [2.75, 3.05) is 0 Å². The van der Waals surface area contributed by atoms with Crippen LogP contribution in [0.2, 0.25) is 0 Å². The lowest BCUT2D eigenvalue weighted by atomic mass is 10.5. The summed E-state index contributed by atoms with van der Waals surface area (Å²) in [7, 11) is 0. The topological polar surface area (TPSA) is 0 Å². The fourth-order valence-electron chi connectivity index (χ4n) is 0.143. The van der Waals surface area contributed by atoms with E-state index in [-0.39, 0.29) is 0 Å². The molecule has 0 aromatic carbocycles. The molecule has 0 saturated carbocycles. The number of rotatable bonds is 1. The summed E-state index contributed by atoms with van der Waals surface area (Å²) >= 11 is 4.26. The molecule has 0 nitrogen and oxygen atoms in total. The number of hydrogen-bond donors (Lipinski definition) is 0. The van der Waals surface area contributed by atoms with Gasteiger partial charge in [0.25, 0.3) is 0 Å². The zero-order valence-corrected chi connectivity index (χ0v) is 7.09. The lowest BCUT2D eigenvalue weighted by Gasteiger charge is -2.12. The first-order valence-corrected chi connectivity index (χ1v) is 3.67. The van der Waals surface area contributed by atoms with Gasteiger partial charge in [0, 0.05) is 0 Å². The van der Waals surface area contributed by atoms with Gasteiger partial charge in [-0.2, -0.15) is 13.2 Å². The van der Waals surface area contributed by atoms with E-state index >= 15 is 0 Å². The second kappa shape index (κ2) is 3.18. The van der Waals surface area contributed by atoms with E-state index in [1.54, 1.807) is 0 Å². The van der Waals surface area contributed by atoms with Crippen LogP contribution in [0.3, 0.4) is 0 Å². The van der Waals surface area contributed by atoms with Gasteiger partial charge in [-0.15, -0.1) is 0 Å². The molecule has 0 heterocycles. The third-order valence-electron chi connectivity index (χ3n) is 0.534. The molecule has 0 saturated heterocycles. The van der Waals surface area contributed by atoms with E-state index in [4.69, 9.17) is 0 Å². The second-order valence-electron chi connectivity index (χ2n) is 1.28. The van der Waals surface area contributed by atoms with Crippen molar-refractivity contribution in [2.45, 2.75) is 16.1 Å². The molecule has 2 atom stereocenters. The highest BCUT2D eigenvalue weighted by molar-refractivity contribution is 9.12. The molecular weight excluding hydrogens is 272 g/mol. The smallest absolute Gasteiger partial charge is 0.233 e. The Kier molecular flexibility index (Phi) is 3.42. The Hall–Kier alpha value is 0.680. The van der Waals surface area contributed by atoms with Crippen molar-refractivity contribution in [1.82, 2.24) is 0 Å². The minimum Gasteiger partial charge on any atom is -0.233 e. The highest BCUT2D eigenvalue weighted by Crippen LogP contribution is 2.32. The second-order valence-corrected chi connectivity index (χ2v) is 3.14. The Morgan fingerprint density at radius 3 is 1.44 bits per heavy atom. The molecule has 0 rings (SSSR count). The van der Waals surface area contributed by atoms with Gasteiger partial charge in [0.05, 0.1) is 0 Å². The van der Waals surface area contributed by atoms with Gasteiger partial charge in [0.1, 0.15) is 0 Å². The fourth-order valence-corrected chi connectivity index (χ4v) is 0.443. The van der Waals surface area contributed by atoms with Crippen LogP contribution in [0.25, 0.3) is 0 Å². The van der Waals surface area contributed by atoms with E-state index in [2.05, 4.69) is 31.9 Å². The number of halogens is 6. The van der Waals surface area contributed by atoms with Gasteiger partial charge in [0.2, 0.25) is 0 Å². The minimum atomic E-state index is -4.52. The van der Waals surface area contributed by atoms with Gasteiger partial charge in [0.15, 0.2) is 9.91 Å². The fraction of sp³-hybridized carbons (Fsp3) is 1.00. The highest BCUT2D eigenvalue weighted by Gasteiger charge is 2.42. The van der Waals surface area contributed by atoms with Crippen LogP contribution in [-0.2, 0) is 0 Å². The molecule has 0 spiro atoms. The van der Waals surface area contributed by atoms with E-state index in [0.29, 0.717) is 0 Å². The SMILES string of the molecule is FC(Br)C(Br)C(F)(F)F. The van der Waals surface area contributed by atoms with Crippen molar-refractivity contribution in [3.05, 3.63) is 0 Å². The number of hydrogen-bond acceptors (Lipinski definition) is 0. The molecule has 6 heteroatoms. The van der Waals surface area contributed by atoms with Crippen LogP contribution < -0.4 is 0 Å². The van der Waals surface area contributed by atoms with Crippen molar-refractivity contribution in [2.24, 2.45) is 0 Å². The maximum atomic E-state index is 11.7. The first-order valence-electron chi connectivity index (χ1n) is 1.84. The predicted octanol–water partition coefficient (Wildman–Crippen LogP) is 3.00. The van der Waals surface area contributed by atoms with E-state index in [9.17, 15) is 17.6 Å². The van der Waals surface area contributed by atoms with Crippen LogP contribution in [0.1, 0.15) is 0 Å². The van der Waals surface area contributed by atoms with Crippen LogP contribution >= 0.6 is 31.9 Å². The zero-order valence-electron chi connectivity index (χ0n) is 3.92. The van der Waals surface area contributed by atoms with Crippen molar-refractivity contribution >= 4 is 31.9 Å². The van der Waals surface area contributed by atoms with Crippen LogP contribution in [0.4, 0.5) is 17.6 Å². The molecule has 0 bridgehead atoms. The van der Waals surface area contributed by atoms with Gasteiger partial charge in [-0.05, 0) is 0 Å². The zero-order chi connectivity index (χ0) is 7.65. The minimum absolute atomic E-state index is 2.09. The van der Waals surface area contributed by atoms with Crippen LogP contribution in [0.5, 0.6) is 0 Å². The van der Waals surface area contributed by atoms with Crippen LogP contribution in [-0.4, -0.2) is 16.1 Å². The Balaban J connectivity index is 3.88. The predicted molar refractivity (Wildman–Crippen MR) is 32.6 cm³/mol. The van der Waals surface area contributed by atoms with Gasteiger partial charge >= 0.3 is 6.18 Å². The molecule has 0 aliphatic rings. The van der Waals surface area contributed by atoms with Crippen molar-refractivity contribution in [3.8, 4) is 0 Å². The quantitative estimate of drug-likeness (QED) is 0.509. The standard InChI is InChI=1S/C3H2Br2F4/c4-1(2(5)6)3(7,8)9/h1-2H. The Morgan fingerprint density at radius 2 is 1.44 bits per heavy atom. The molecule has 0 radical (unpaired) electrons. The Labute approximate surface area is 65.9 Å². The number of alkyl halides is 6. The van der Waals surface area contributed by atoms with Gasteiger partial charge < -0.3 is 0 Å². The molecule has 0 aromatic rings. The first-order chi connectivity index (χ1) is 3.85. The lowest BCUT2D eigenvalue weighted by Crippen LogP contribution is -2.28. The van der Waals surface area contributed by atoms with Crippen LogP contribution in [0.15, 0.2) is 0 Å². The maximum Gasteiger partial charge on any atom is 0.404 e. The van der Waals surface area contributed by atoms with E-state index in [1.807, 2.05) is 0 Å². The lowest BCUT2D eigenvalue weighted by molar-refractivity contribution is -0.131. The molecule has 2 unspecified atom stereocenters. The summed E-state index contributed by atoms with van der Waals surface area (Å²) in [4.78, 5) is -2.12. The highest BCUT2D eigenvalue weighted by atomic mass is 79.9. The average molecular weight is 274 g/mol. The van der Waals surface area contributed by atoms with E-state index < -0.39 is 16.1 Å². The summed E-state index contributed by atoms with van der Waals surface area (Å²) in [5, 5.41) is -2.09. The molecule has 0 N–H and O–H groups in total. The summed E-state index contributed by atoms with van der Waals surface area (Å²) in [6.07, 6.45) is -4.52. The molecule has 0 aliphatic carbocycles.